The molecule has 0 aliphatic rings. The number of hydrogen-bond donors (Lipinski definition) is 0. The summed E-state index contributed by atoms with van der Waals surface area (Å²) in [6.45, 7) is 7.60. The molecule has 0 radical (unpaired) electrons. The largest absolute Gasteiger partial charge is 0.462 e. The van der Waals surface area contributed by atoms with Crippen molar-refractivity contribution in [2.75, 3.05) is 19.8 Å². The van der Waals surface area contributed by atoms with Crippen LogP contribution in [0.3, 0.4) is 0 Å². The Morgan fingerprint density at radius 1 is 0.359 bits per heavy atom. The van der Waals surface area contributed by atoms with Crippen LogP contribution in [0, 0.1) is 0 Å². The van der Waals surface area contributed by atoms with Crippen LogP contribution in [0.25, 0.3) is 0 Å². The monoisotopic (exact) mass is 893 g/mol. The van der Waals surface area contributed by atoms with E-state index in [1.54, 1.807) is 0 Å². The molecule has 0 fully saturated rings. The maximum Gasteiger partial charge on any atom is 0.306 e. The zero-order chi connectivity index (χ0) is 46.3. The summed E-state index contributed by atoms with van der Waals surface area (Å²) < 4.78 is 17.4. The summed E-state index contributed by atoms with van der Waals surface area (Å²) in [7, 11) is 0. The van der Waals surface area contributed by atoms with E-state index in [0.717, 1.165) is 89.9 Å². The average Bonchev–Trinajstić information content (AvgIpc) is 3.30. The Morgan fingerprint density at radius 3 is 1.12 bits per heavy atom. The molecule has 0 bridgehead atoms. The second-order valence-electron chi connectivity index (χ2n) is 18.1. The third-order valence-electron chi connectivity index (χ3n) is 11.7. The standard InChI is InChI=1S/C59H104O5/c1-4-7-10-13-16-19-22-25-28-29-30-33-36-39-42-45-48-51-54-62-55-57(64-59(61)53-50-47-44-41-38-35-32-27-24-21-18-15-12-9-6-3)56-63-58(60)52-49-46-43-40-37-34-31-26-23-20-17-14-11-8-5-2/h7-8,10-11,16-17,19-20,25-26,28,31,57H,4-6,9,12-15,18,21-24,27,29-30,32-56H2,1-3H3/b10-7-,11-8-,19-16-,20-17-,28-25-,31-26-. The zero-order valence-electron chi connectivity index (χ0n) is 42.5. The Kier molecular flexibility index (Phi) is 52.4. The van der Waals surface area contributed by atoms with Gasteiger partial charge in [0.2, 0.25) is 0 Å². The van der Waals surface area contributed by atoms with Gasteiger partial charge >= 0.3 is 11.9 Å². The lowest BCUT2D eigenvalue weighted by molar-refractivity contribution is -0.163. The number of carbonyl (C=O) groups is 2. The smallest absolute Gasteiger partial charge is 0.306 e. The highest BCUT2D eigenvalue weighted by Crippen LogP contribution is 2.15. The summed E-state index contributed by atoms with van der Waals surface area (Å²) in [6.07, 6.45) is 70.6. The summed E-state index contributed by atoms with van der Waals surface area (Å²) in [6, 6.07) is 0. The lowest BCUT2D eigenvalue weighted by Gasteiger charge is -2.18. The van der Waals surface area contributed by atoms with Crippen molar-refractivity contribution in [2.45, 2.75) is 271 Å². The Morgan fingerprint density at radius 2 is 0.703 bits per heavy atom. The number of allylic oxidation sites excluding steroid dienone is 12. The van der Waals surface area contributed by atoms with Crippen molar-refractivity contribution in [3.8, 4) is 0 Å². The number of rotatable bonds is 50. The molecule has 370 valence electrons. The molecule has 0 aliphatic heterocycles. The van der Waals surface area contributed by atoms with E-state index in [1.807, 2.05) is 0 Å². The van der Waals surface area contributed by atoms with Crippen LogP contribution in [0.4, 0.5) is 0 Å². The molecule has 1 unspecified atom stereocenters. The van der Waals surface area contributed by atoms with Gasteiger partial charge in [-0.1, -0.05) is 241 Å². The summed E-state index contributed by atoms with van der Waals surface area (Å²) in [5, 5.41) is 0. The van der Waals surface area contributed by atoms with Gasteiger partial charge in [-0.2, -0.15) is 0 Å². The van der Waals surface area contributed by atoms with E-state index in [4.69, 9.17) is 14.2 Å². The second kappa shape index (κ2) is 54.7. The lowest BCUT2D eigenvalue weighted by atomic mass is 10.0. The van der Waals surface area contributed by atoms with E-state index in [2.05, 4.69) is 93.7 Å². The van der Waals surface area contributed by atoms with Crippen LogP contribution in [0.15, 0.2) is 72.9 Å². The first-order valence-electron chi connectivity index (χ1n) is 27.5. The van der Waals surface area contributed by atoms with Crippen LogP contribution < -0.4 is 0 Å². The van der Waals surface area contributed by atoms with Crippen molar-refractivity contribution in [3.05, 3.63) is 72.9 Å². The molecule has 0 aromatic rings. The molecule has 5 nitrogen and oxygen atoms in total. The molecule has 5 heteroatoms. The normalized spacial score (nSPS) is 12.7. The van der Waals surface area contributed by atoms with Gasteiger partial charge in [0, 0.05) is 19.4 Å². The molecule has 1 atom stereocenters. The van der Waals surface area contributed by atoms with E-state index >= 15 is 0 Å². The fourth-order valence-electron chi connectivity index (χ4n) is 7.72. The van der Waals surface area contributed by atoms with Gasteiger partial charge in [-0.05, 0) is 83.5 Å². The van der Waals surface area contributed by atoms with E-state index in [-0.39, 0.29) is 25.2 Å². The first kappa shape index (κ1) is 61.3. The molecular weight excluding hydrogens is 789 g/mol. The number of ether oxygens (including phenoxy) is 3. The number of unbranched alkanes of at least 4 members (excludes halogenated alkanes) is 27. The molecule has 0 aromatic heterocycles. The molecule has 0 spiro atoms. The number of carbonyl (C=O) groups excluding carboxylic acids is 2. The van der Waals surface area contributed by atoms with Crippen LogP contribution in [0.1, 0.15) is 265 Å². The van der Waals surface area contributed by atoms with Crippen LogP contribution in [-0.4, -0.2) is 37.9 Å². The predicted octanol–water partition coefficient (Wildman–Crippen LogP) is 18.7. The Balaban J connectivity index is 4.29. The third-order valence-corrected chi connectivity index (χ3v) is 11.7. The number of esters is 2. The molecular formula is C59H104O5. The SMILES string of the molecule is CC/C=C\C/C=C\C/C=C\CCCCCCCCCCOCC(COC(=O)CCCCCCC/C=C\C/C=C\C/C=C\CC)OC(=O)CCCCCCCCCCCCCCCCC. The van der Waals surface area contributed by atoms with Crippen LogP contribution in [-0.2, 0) is 23.8 Å². The van der Waals surface area contributed by atoms with Gasteiger partial charge in [-0.3, -0.25) is 9.59 Å². The molecule has 0 aliphatic carbocycles. The van der Waals surface area contributed by atoms with Crippen LogP contribution in [0.5, 0.6) is 0 Å². The predicted molar refractivity (Wildman–Crippen MR) is 279 cm³/mol. The van der Waals surface area contributed by atoms with Crippen molar-refractivity contribution >= 4 is 11.9 Å². The quantitative estimate of drug-likeness (QED) is 0.0346. The van der Waals surface area contributed by atoms with Crippen molar-refractivity contribution in [1.29, 1.82) is 0 Å². The molecule has 0 N–H and O–H groups in total. The Hall–Kier alpha value is -2.66. The fraction of sp³-hybridized carbons (Fsp3) is 0.763. The minimum atomic E-state index is -0.548. The minimum Gasteiger partial charge on any atom is -0.462 e. The van der Waals surface area contributed by atoms with Gasteiger partial charge in [0.15, 0.2) is 6.10 Å². The second-order valence-corrected chi connectivity index (χ2v) is 18.1. The summed E-state index contributed by atoms with van der Waals surface area (Å²) in [5.74, 6) is -0.412. The highest BCUT2D eigenvalue weighted by molar-refractivity contribution is 5.70. The van der Waals surface area contributed by atoms with Gasteiger partial charge in [-0.25, -0.2) is 0 Å². The highest BCUT2D eigenvalue weighted by Gasteiger charge is 2.17. The molecule has 64 heavy (non-hydrogen) atoms. The zero-order valence-corrected chi connectivity index (χ0v) is 42.5. The van der Waals surface area contributed by atoms with Crippen molar-refractivity contribution in [1.82, 2.24) is 0 Å². The Bertz CT molecular complexity index is 1150. The average molecular weight is 893 g/mol. The molecule has 0 heterocycles. The molecule has 0 saturated heterocycles. The van der Waals surface area contributed by atoms with E-state index in [1.165, 1.54) is 141 Å². The van der Waals surface area contributed by atoms with Gasteiger partial charge < -0.3 is 14.2 Å². The molecule has 0 aromatic carbocycles. The summed E-state index contributed by atoms with van der Waals surface area (Å²) in [4.78, 5) is 25.5. The first-order valence-corrected chi connectivity index (χ1v) is 27.5. The van der Waals surface area contributed by atoms with Crippen LogP contribution in [0.2, 0.25) is 0 Å². The summed E-state index contributed by atoms with van der Waals surface area (Å²) in [5.41, 5.74) is 0. The fourth-order valence-corrected chi connectivity index (χ4v) is 7.72. The first-order chi connectivity index (χ1) is 31.6. The maximum atomic E-state index is 12.8. The van der Waals surface area contributed by atoms with Crippen molar-refractivity contribution in [2.24, 2.45) is 0 Å². The van der Waals surface area contributed by atoms with Gasteiger partial charge in [0.1, 0.15) is 6.61 Å². The maximum absolute atomic E-state index is 12.8. The topological polar surface area (TPSA) is 61.8 Å². The van der Waals surface area contributed by atoms with Crippen molar-refractivity contribution in [3.63, 3.8) is 0 Å². The van der Waals surface area contributed by atoms with Gasteiger partial charge in [0.25, 0.3) is 0 Å². The highest BCUT2D eigenvalue weighted by atomic mass is 16.6. The van der Waals surface area contributed by atoms with E-state index in [0.29, 0.717) is 19.4 Å². The minimum absolute atomic E-state index is 0.0736. The van der Waals surface area contributed by atoms with Crippen LogP contribution >= 0.6 is 0 Å². The molecule has 0 rings (SSSR count). The molecule has 0 amide bonds. The van der Waals surface area contributed by atoms with E-state index < -0.39 is 6.10 Å². The van der Waals surface area contributed by atoms with Gasteiger partial charge in [-0.15, -0.1) is 0 Å². The number of hydrogen-bond acceptors (Lipinski definition) is 5. The van der Waals surface area contributed by atoms with E-state index in [9.17, 15) is 9.59 Å². The van der Waals surface area contributed by atoms with Gasteiger partial charge in [0.05, 0.1) is 6.61 Å². The molecule has 0 saturated carbocycles. The third kappa shape index (κ3) is 52.0. The Labute approximate surface area is 397 Å². The lowest BCUT2D eigenvalue weighted by Crippen LogP contribution is -2.30. The summed E-state index contributed by atoms with van der Waals surface area (Å²) >= 11 is 0. The van der Waals surface area contributed by atoms with Crippen molar-refractivity contribution < 1.29 is 23.8 Å².